The Morgan fingerprint density at radius 3 is 2.95 bits per heavy atom. The van der Waals surface area contributed by atoms with Crippen LogP contribution >= 0.6 is 0 Å². The van der Waals surface area contributed by atoms with Gasteiger partial charge in [0.25, 0.3) is 0 Å². The van der Waals surface area contributed by atoms with Gasteiger partial charge in [-0.1, -0.05) is 39.0 Å². The molecule has 0 aliphatic rings. The van der Waals surface area contributed by atoms with E-state index in [1.54, 1.807) is 19.3 Å². The highest BCUT2D eigenvalue weighted by Gasteiger charge is 2.06. The zero-order valence-corrected chi connectivity index (χ0v) is 13.8. The van der Waals surface area contributed by atoms with Gasteiger partial charge in [0.1, 0.15) is 5.82 Å². The first-order valence-electron chi connectivity index (χ1n) is 7.72. The van der Waals surface area contributed by atoms with E-state index in [1.807, 2.05) is 0 Å². The molecular formula is C18H26FN3. The molecule has 0 aliphatic carbocycles. The van der Waals surface area contributed by atoms with Gasteiger partial charge in [-0.2, -0.15) is 0 Å². The molecule has 1 rings (SSSR count). The van der Waals surface area contributed by atoms with E-state index in [1.165, 1.54) is 6.07 Å². The van der Waals surface area contributed by atoms with Crippen molar-refractivity contribution in [2.24, 2.45) is 10.9 Å². The lowest BCUT2D eigenvalue weighted by molar-refractivity contribution is 0.579. The molecule has 1 unspecified atom stereocenters. The molecule has 0 aromatic carbocycles. The summed E-state index contributed by atoms with van der Waals surface area (Å²) in [6, 6.07) is 3.03. The van der Waals surface area contributed by atoms with Crippen molar-refractivity contribution in [2.75, 3.05) is 7.05 Å². The van der Waals surface area contributed by atoms with E-state index in [4.69, 9.17) is 0 Å². The SMILES string of the molecule is C=C(CC(C)/C=C/CCC)NCc1nc(/C=N/C)ccc1F. The number of aliphatic imine (C=N–C) groups is 1. The smallest absolute Gasteiger partial charge is 0.146 e. The predicted molar refractivity (Wildman–Crippen MR) is 91.5 cm³/mol. The van der Waals surface area contributed by atoms with Crippen LogP contribution in [0.15, 0.2) is 41.6 Å². The van der Waals surface area contributed by atoms with Crippen molar-refractivity contribution in [1.29, 1.82) is 0 Å². The second kappa shape index (κ2) is 9.87. The van der Waals surface area contributed by atoms with E-state index in [9.17, 15) is 4.39 Å². The van der Waals surface area contributed by atoms with Crippen LogP contribution in [0.25, 0.3) is 0 Å². The molecule has 1 aromatic rings. The van der Waals surface area contributed by atoms with Gasteiger partial charge < -0.3 is 5.32 Å². The largest absolute Gasteiger partial charge is 0.383 e. The maximum atomic E-state index is 13.7. The van der Waals surface area contributed by atoms with E-state index in [-0.39, 0.29) is 5.82 Å². The van der Waals surface area contributed by atoms with Crippen molar-refractivity contribution < 1.29 is 4.39 Å². The number of halogens is 1. The first-order valence-corrected chi connectivity index (χ1v) is 7.72. The van der Waals surface area contributed by atoms with Crippen LogP contribution in [0.5, 0.6) is 0 Å². The summed E-state index contributed by atoms with van der Waals surface area (Å²) >= 11 is 0. The van der Waals surface area contributed by atoms with Crippen molar-refractivity contribution in [1.82, 2.24) is 10.3 Å². The van der Waals surface area contributed by atoms with Crippen molar-refractivity contribution in [3.8, 4) is 0 Å². The maximum Gasteiger partial charge on any atom is 0.146 e. The number of nitrogens with zero attached hydrogens (tertiary/aromatic N) is 2. The Bertz CT molecular complexity index is 535. The molecule has 1 N–H and O–H groups in total. The highest BCUT2D eigenvalue weighted by molar-refractivity contribution is 5.76. The first-order chi connectivity index (χ1) is 10.6. The minimum atomic E-state index is -0.315. The van der Waals surface area contributed by atoms with Gasteiger partial charge in [-0.05, 0) is 30.9 Å². The van der Waals surface area contributed by atoms with Crippen LogP contribution in [0.1, 0.15) is 44.5 Å². The molecule has 1 atom stereocenters. The summed E-state index contributed by atoms with van der Waals surface area (Å²) in [5.74, 6) is 0.104. The third-order valence-corrected chi connectivity index (χ3v) is 3.20. The highest BCUT2D eigenvalue weighted by atomic mass is 19.1. The molecule has 0 amide bonds. The molecule has 1 heterocycles. The van der Waals surface area contributed by atoms with Crippen LogP contribution in [-0.2, 0) is 6.54 Å². The Morgan fingerprint density at radius 1 is 1.50 bits per heavy atom. The first kappa shape index (κ1) is 18.1. The third kappa shape index (κ3) is 6.66. The molecule has 0 spiro atoms. The van der Waals surface area contributed by atoms with Gasteiger partial charge in [0.2, 0.25) is 0 Å². The lowest BCUT2D eigenvalue weighted by Crippen LogP contribution is -2.16. The monoisotopic (exact) mass is 303 g/mol. The van der Waals surface area contributed by atoms with E-state index < -0.39 is 0 Å². The zero-order chi connectivity index (χ0) is 16.4. The number of hydrogen-bond acceptors (Lipinski definition) is 3. The maximum absolute atomic E-state index is 13.7. The molecule has 3 nitrogen and oxygen atoms in total. The van der Waals surface area contributed by atoms with Crippen LogP contribution < -0.4 is 5.32 Å². The van der Waals surface area contributed by atoms with Crippen LogP contribution in [0.2, 0.25) is 0 Å². The summed E-state index contributed by atoms with van der Waals surface area (Å²) in [6.45, 7) is 8.65. The number of hydrogen-bond donors (Lipinski definition) is 1. The Hall–Kier alpha value is -1.97. The predicted octanol–water partition coefficient (Wildman–Crippen LogP) is 4.26. The van der Waals surface area contributed by atoms with Gasteiger partial charge >= 0.3 is 0 Å². The molecule has 22 heavy (non-hydrogen) atoms. The van der Waals surface area contributed by atoms with Crippen LogP contribution in [0.4, 0.5) is 4.39 Å². The highest BCUT2D eigenvalue weighted by Crippen LogP contribution is 2.11. The summed E-state index contributed by atoms with van der Waals surface area (Å²) < 4.78 is 13.7. The standard InChI is InChI=1S/C18H26FN3/c1-5-6-7-8-14(2)11-15(3)21-13-18-17(19)10-9-16(22-18)12-20-4/h7-10,12,14,21H,3,5-6,11,13H2,1-2,4H3/b8-7+,20-12+. The van der Waals surface area contributed by atoms with Crippen LogP contribution in [0, 0.1) is 11.7 Å². The summed E-state index contributed by atoms with van der Waals surface area (Å²) in [6.07, 6.45) is 9.10. The second-order valence-electron chi connectivity index (χ2n) is 5.41. The van der Waals surface area contributed by atoms with Gasteiger partial charge in [0.15, 0.2) is 0 Å². The van der Waals surface area contributed by atoms with Gasteiger partial charge in [-0.15, -0.1) is 0 Å². The minimum Gasteiger partial charge on any atom is -0.383 e. The number of pyridine rings is 1. The molecular weight excluding hydrogens is 277 g/mol. The van der Waals surface area contributed by atoms with E-state index in [2.05, 4.69) is 47.9 Å². The number of rotatable bonds is 9. The molecule has 4 heteroatoms. The Labute approximate surface area is 133 Å². The minimum absolute atomic E-state index is 0.315. The van der Waals surface area contributed by atoms with E-state index >= 15 is 0 Å². The molecule has 0 fully saturated rings. The van der Waals surface area contributed by atoms with Crippen LogP contribution in [0.3, 0.4) is 0 Å². The third-order valence-electron chi connectivity index (χ3n) is 3.20. The fourth-order valence-corrected chi connectivity index (χ4v) is 2.06. The van der Waals surface area contributed by atoms with Crippen molar-refractivity contribution in [2.45, 2.75) is 39.7 Å². The zero-order valence-electron chi connectivity index (χ0n) is 13.8. The molecule has 0 aliphatic heterocycles. The van der Waals surface area contributed by atoms with Gasteiger partial charge in [-0.3, -0.25) is 4.99 Å². The average molecular weight is 303 g/mol. The van der Waals surface area contributed by atoms with Crippen molar-refractivity contribution in [3.05, 3.63) is 53.8 Å². The number of nitrogens with one attached hydrogen (secondary N) is 1. The fraction of sp³-hybridized carbons (Fsp3) is 0.444. The van der Waals surface area contributed by atoms with E-state index in [0.717, 1.165) is 25.0 Å². The topological polar surface area (TPSA) is 37.3 Å². The Balaban J connectivity index is 2.51. The van der Waals surface area contributed by atoms with Gasteiger partial charge in [0.05, 0.1) is 17.9 Å². The normalized spacial score (nSPS) is 12.9. The summed E-state index contributed by atoms with van der Waals surface area (Å²) in [4.78, 5) is 8.12. The summed E-state index contributed by atoms with van der Waals surface area (Å²) in [5.41, 5.74) is 1.93. The lowest BCUT2D eigenvalue weighted by Gasteiger charge is -2.12. The molecule has 0 bridgehead atoms. The van der Waals surface area contributed by atoms with Crippen LogP contribution in [-0.4, -0.2) is 18.2 Å². The molecule has 1 aromatic heterocycles. The molecule has 0 radical (unpaired) electrons. The van der Waals surface area contributed by atoms with Gasteiger partial charge in [0, 0.05) is 19.0 Å². The van der Waals surface area contributed by atoms with Crippen molar-refractivity contribution in [3.63, 3.8) is 0 Å². The average Bonchev–Trinajstić information content (AvgIpc) is 2.48. The Morgan fingerprint density at radius 2 is 2.27 bits per heavy atom. The Kier molecular flexibility index (Phi) is 8.11. The fourth-order valence-electron chi connectivity index (χ4n) is 2.06. The van der Waals surface area contributed by atoms with E-state index in [0.29, 0.717) is 23.9 Å². The number of unbranched alkanes of at least 4 members (excludes halogenated alkanes) is 1. The second-order valence-corrected chi connectivity index (χ2v) is 5.41. The molecule has 120 valence electrons. The number of aromatic nitrogens is 1. The summed E-state index contributed by atoms with van der Waals surface area (Å²) in [5, 5.41) is 3.16. The molecule has 0 saturated heterocycles. The quantitative estimate of drug-likeness (QED) is 0.547. The lowest BCUT2D eigenvalue weighted by atomic mass is 10.0. The number of allylic oxidation sites excluding steroid dienone is 3. The van der Waals surface area contributed by atoms with Gasteiger partial charge in [-0.25, -0.2) is 9.37 Å². The van der Waals surface area contributed by atoms with Crippen molar-refractivity contribution >= 4 is 6.21 Å². The summed E-state index contributed by atoms with van der Waals surface area (Å²) in [7, 11) is 1.66. The molecule has 0 saturated carbocycles.